The number of piperazine rings is 1. The molecule has 4 rings (SSSR count). The van der Waals surface area contributed by atoms with E-state index in [1.54, 1.807) is 18.4 Å². The van der Waals surface area contributed by atoms with Crippen LogP contribution in [0.5, 0.6) is 5.75 Å². The number of hydrogen-bond donors (Lipinski definition) is 1. The molecule has 0 saturated carbocycles. The van der Waals surface area contributed by atoms with Crippen LogP contribution in [0.25, 0.3) is 10.2 Å². The maximum Gasteiger partial charge on any atom is 0.322 e. The van der Waals surface area contributed by atoms with Crippen molar-refractivity contribution in [2.75, 3.05) is 43.5 Å². The van der Waals surface area contributed by atoms with Crippen LogP contribution in [-0.4, -0.2) is 49.2 Å². The molecule has 7 heteroatoms. The minimum atomic E-state index is -0.0963. The number of hydrogen-bond acceptors (Lipinski definition) is 5. The lowest BCUT2D eigenvalue weighted by atomic mass is 10.2. The van der Waals surface area contributed by atoms with E-state index >= 15 is 0 Å². The van der Waals surface area contributed by atoms with Gasteiger partial charge in [-0.05, 0) is 36.2 Å². The number of aromatic nitrogens is 1. The molecule has 2 aromatic carbocycles. The molecule has 0 spiro atoms. The number of rotatable bonds is 4. The van der Waals surface area contributed by atoms with E-state index in [0.717, 1.165) is 30.2 Å². The number of nitrogens with one attached hydrogen (secondary N) is 1. The van der Waals surface area contributed by atoms with E-state index in [9.17, 15) is 4.79 Å². The number of amides is 2. The van der Waals surface area contributed by atoms with Crippen LogP contribution in [0, 0.1) is 0 Å². The molecule has 1 aliphatic heterocycles. The fourth-order valence-corrected chi connectivity index (χ4v) is 4.44. The van der Waals surface area contributed by atoms with Crippen LogP contribution in [0.15, 0.2) is 42.5 Å². The van der Waals surface area contributed by atoms with Crippen molar-refractivity contribution < 1.29 is 9.53 Å². The normalized spacial score (nSPS) is 14.4. The number of aryl methyl sites for hydroxylation is 1. The third-order valence-electron chi connectivity index (χ3n) is 5.04. The Morgan fingerprint density at radius 2 is 1.96 bits per heavy atom. The number of benzene rings is 2. The van der Waals surface area contributed by atoms with Gasteiger partial charge in [-0.15, -0.1) is 0 Å². The van der Waals surface area contributed by atoms with Crippen LogP contribution in [0.2, 0.25) is 0 Å². The maximum atomic E-state index is 12.6. The molecule has 0 unspecified atom stereocenters. The number of methoxy groups -OCH3 is 1. The molecule has 1 aliphatic rings. The molecule has 28 heavy (non-hydrogen) atoms. The molecule has 0 atom stereocenters. The summed E-state index contributed by atoms with van der Waals surface area (Å²) >= 11 is 1.73. The minimum Gasteiger partial charge on any atom is -0.495 e. The third kappa shape index (κ3) is 3.75. The predicted octanol–water partition coefficient (Wildman–Crippen LogP) is 4.22. The Bertz CT molecular complexity index is 979. The van der Waals surface area contributed by atoms with Gasteiger partial charge in [-0.25, -0.2) is 9.78 Å². The highest BCUT2D eigenvalue weighted by Crippen LogP contribution is 2.30. The van der Waals surface area contributed by atoms with E-state index in [1.807, 2.05) is 29.2 Å². The Hall–Kier alpha value is -2.80. The molecule has 6 nitrogen and oxygen atoms in total. The first-order chi connectivity index (χ1) is 13.7. The lowest BCUT2D eigenvalue weighted by Gasteiger charge is -2.34. The summed E-state index contributed by atoms with van der Waals surface area (Å²) in [5.74, 6) is 0.662. The molecular formula is C21H24N4O2S. The van der Waals surface area contributed by atoms with E-state index in [4.69, 9.17) is 9.72 Å². The van der Waals surface area contributed by atoms with Gasteiger partial charge in [0.15, 0.2) is 5.13 Å². The van der Waals surface area contributed by atoms with Gasteiger partial charge in [0.25, 0.3) is 0 Å². The fourth-order valence-electron chi connectivity index (χ4n) is 3.36. The Morgan fingerprint density at radius 3 is 2.71 bits per heavy atom. The quantitative estimate of drug-likeness (QED) is 0.717. The van der Waals surface area contributed by atoms with Crippen molar-refractivity contribution >= 4 is 38.4 Å². The van der Waals surface area contributed by atoms with E-state index in [-0.39, 0.29) is 6.03 Å². The van der Waals surface area contributed by atoms with E-state index < -0.39 is 0 Å². The number of nitrogens with zero attached hydrogens (tertiary/aromatic N) is 3. The topological polar surface area (TPSA) is 57.7 Å². The zero-order chi connectivity index (χ0) is 19.5. The van der Waals surface area contributed by atoms with E-state index in [1.165, 1.54) is 10.3 Å². The van der Waals surface area contributed by atoms with Gasteiger partial charge in [0.1, 0.15) is 5.75 Å². The van der Waals surface area contributed by atoms with Gasteiger partial charge in [-0.2, -0.15) is 0 Å². The van der Waals surface area contributed by atoms with Crippen LogP contribution in [0.4, 0.5) is 15.6 Å². The number of thiazole rings is 1. The van der Waals surface area contributed by atoms with Gasteiger partial charge in [0.2, 0.25) is 0 Å². The second-order valence-corrected chi connectivity index (χ2v) is 7.77. The summed E-state index contributed by atoms with van der Waals surface area (Å²) in [4.78, 5) is 21.5. The Labute approximate surface area is 168 Å². The summed E-state index contributed by atoms with van der Waals surface area (Å²) in [6, 6.07) is 13.8. The second-order valence-electron chi connectivity index (χ2n) is 6.76. The average molecular weight is 397 g/mol. The molecule has 1 N–H and O–H groups in total. The number of para-hydroxylation sites is 2. The van der Waals surface area contributed by atoms with Crippen LogP contribution in [-0.2, 0) is 6.42 Å². The molecule has 146 valence electrons. The number of urea groups is 1. The lowest BCUT2D eigenvalue weighted by molar-refractivity contribution is 0.208. The van der Waals surface area contributed by atoms with Crippen LogP contribution in [0.1, 0.15) is 12.5 Å². The molecule has 2 heterocycles. The molecule has 1 aromatic heterocycles. The first kappa shape index (κ1) is 18.6. The molecule has 1 fully saturated rings. The monoisotopic (exact) mass is 396 g/mol. The van der Waals surface area contributed by atoms with Crippen molar-refractivity contribution in [2.24, 2.45) is 0 Å². The van der Waals surface area contributed by atoms with Crippen molar-refractivity contribution in [3.05, 3.63) is 48.0 Å². The smallest absolute Gasteiger partial charge is 0.322 e. The summed E-state index contributed by atoms with van der Waals surface area (Å²) in [5.41, 5.74) is 3.07. The number of carbonyl (C=O) groups excluding carboxylic acids is 1. The predicted molar refractivity (Wildman–Crippen MR) is 115 cm³/mol. The van der Waals surface area contributed by atoms with Crippen molar-refractivity contribution in [2.45, 2.75) is 13.3 Å². The summed E-state index contributed by atoms with van der Waals surface area (Å²) in [7, 11) is 1.60. The summed E-state index contributed by atoms with van der Waals surface area (Å²) < 4.78 is 6.53. The number of ether oxygens (including phenoxy) is 1. The zero-order valence-corrected chi connectivity index (χ0v) is 17.0. The Balaban J connectivity index is 1.39. The van der Waals surface area contributed by atoms with Gasteiger partial charge in [-0.3, -0.25) is 0 Å². The molecule has 3 aromatic rings. The van der Waals surface area contributed by atoms with Crippen LogP contribution >= 0.6 is 11.3 Å². The third-order valence-corrected chi connectivity index (χ3v) is 6.11. The Morgan fingerprint density at radius 1 is 1.18 bits per heavy atom. The van der Waals surface area contributed by atoms with Crippen molar-refractivity contribution in [3.63, 3.8) is 0 Å². The average Bonchev–Trinajstić information content (AvgIpc) is 3.17. The van der Waals surface area contributed by atoms with Gasteiger partial charge in [-0.1, -0.05) is 36.5 Å². The number of fused-ring (bicyclic) bond motifs is 1. The van der Waals surface area contributed by atoms with Crippen molar-refractivity contribution in [3.8, 4) is 5.75 Å². The van der Waals surface area contributed by atoms with Crippen LogP contribution < -0.4 is 15.0 Å². The first-order valence-corrected chi connectivity index (χ1v) is 10.3. The van der Waals surface area contributed by atoms with Gasteiger partial charge in [0.05, 0.1) is 23.0 Å². The van der Waals surface area contributed by atoms with Crippen molar-refractivity contribution in [1.82, 2.24) is 9.88 Å². The second kappa shape index (κ2) is 8.06. The minimum absolute atomic E-state index is 0.0963. The largest absolute Gasteiger partial charge is 0.495 e. The zero-order valence-electron chi connectivity index (χ0n) is 16.1. The molecule has 0 radical (unpaired) electrons. The Kier molecular flexibility index (Phi) is 5.34. The highest BCUT2D eigenvalue weighted by Gasteiger charge is 2.23. The standard InChI is InChI=1S/C21H24N4O2S/c1-3-15-8-9-17-19(14-15)28-21(23-17)25-12-10-24(11-13-25)20(26)22-16-6-4-5-7-18(16)27-2/h4-9,14H,3,10-13H2,1-2H3,(H,22,26). The molecule has 0 bridgehead atoms. The highest BCUT2D eigenvalue weighted by atomic mass is 32.1. The SMILES string of the molecule is CCc1ccc2nc(N3CCN(C(=O)Nc4ccccc4OC)CC3)sc2c1. The highest BCUT2D eigenvalue weighted by molar-refractivity contribution is 7.22. The van der Waals surface area contributed by atoms with Crippen LogP contribution in [0.3, 0.4) is 0 Å². The first-order valence-electron chi connectivity index (χ1n) is 9.51. The summed E-state index contributed by atoms with van der Waals surface area (Å²) in [5, 5.41) is 3.99. The molecule has 1 saturated heterocycles. The van der Waals surface area contributed by atoms with Gasteiger partial charge < -0.3 is 19.9 Å². The molecule has 0 aliphatic carbocycles. The van der Waals surface area contributed by atoms with Gasteiger partial charge >= 0.3 is 6.03 Å². The molecular weight excluding hydrogens is 372 g/mol. The summed E-state index contributed by atoms with van der Waals surface area (Å²) in [6.07, 6.45) is 1.03. The molecule has 2 amide bonds. The number of carbonyl (C=O) groups is 1. The summed E-state index contributed by atoms with van der Waals surface area (Å²) in [6.45, 7) is 5.05. The number of anilines is 2. The van der Waals surface area contributed by atoms with E-state index in [2.05, 4.69) is 35.3 Å². The fraction of sp³-hybridized carbons (Fsp3) is 0.333. The maximum absolute atomic E-state index is 12.6. The van der Waals surface area contributed by atoms with Gasteiger partial charge in [0, 0.05) is 26.2 Å². The van der Waals surface area contributed by atoms with Crippen molar-refractivity contribution in [1.29, 1.82) is 0 Å². The lowest BCUT2D eigenvalue weighted by Crippen LogP contribution is -2.50. The van der Waals surface area contributed by atoms with E-state index in [0.29, 0.717) is 24.5 Å².